The molecule has 0 N–H and O–H groups in total. The molecule has 2 bridgehead atoms. The van der Waals surface area contributed by atoms with Gasteiger partial charge >= 0.3 is 0 Å². The van der Waals surface area contributed by atoms with Crippen molar-refractivity contribution in [2.45, 2.75) is 52.4 Å². The van der Waals surface area contributed by atoms with Gasteiger partial charge in [0, 0.05) is 10.8 Å². The average Bonchev–Trinajstić information content (AvgIpc) is 2.40. The molecule has 0 saturated heterocycles. The first kappa shape index (κ1) is 12.7. The predicted octanol–water partition coefficient (Wildman–Crippen LogP) is 4.16. The van der Waals surface area contributed by atoms with Gasteiger partial charge in [0.25, 0.3) is 0 Å². The highest BCUT2D eigenvalue weighted by Gasteiger charge is 2.64. The minimum atomic E-state index is -0.443. The van der Waals surface area contributed by atoms with Gasteiger partial charge in [-0.25, -0.2) is 0 Å². The van der Waals surface area contributed by atoms with E-state index >= 15 is 0 Å². The van der Waals surface area contributed by atoms with Crippen LogP contribution >= 0.6 is 0 Å². The zero-order chi connectivity index (χ0) is 14.2. The Morgan fingerprint density at radius 3 is 1.95 bits per heavy atom. The minimum absolute atomic E-state index is 0.178. The number of benzene rings is 1. The number of hydrogen-bond acceptors (Lipinski definition) is 1. The number of allylic oxidation sites excluding steroid dienone is 2. The number of carbonyl (C=O) groups is 1. The third-order valence-electron chi connectivity index (χ3n) is 6.34. The smallest absolute Gasteiger partial charge is 0.153 e. The number of hydrogen-bond donors (Lipinski definition) is 0. The van der Waals surface area contributed by atoms with Crippen molar-refractivity contribution in [3.63, 3.8) is 0 Å². The summed E-state index contributed by atoms with van der Waals surface area (Å²) >= 11 is 0. The molecule has 1 aromatic rings. The number of rotatable bonds is 0. The van der Waals surface area contributed by atoms with Gasteiger partial charge < -0.3 is 0 Å². The molecule has 1 heteroatoms. The van der Waals surface area contributed by atoms with Crippen molar-refractivity contribution in [1.29, 1.82) is 0 Å². The first-order chi connectivity index (χ1) is 8.70. The standard InChI is InChI=1S/C18H22O/c1-11-12(2)18(6)14-10-8-7-9-13(14)17(11,5)15(19)16(18,3)4/h7-10H,1-6H3/t17-,18+/m0/s1. The molecule has 0 aromatic heterocycles. The quantitative estimate of drug-likeness (QED) is 0.635. The Kier molecular flexibility index (Phi) is 2.13. The topological polar surface area (TPSA) is 17.1 Å². The van der Waals surface area contributed by atoms with E-state index in [0.717, 1.165) is 0 Å². The molecule has 1 nitrogen and oxygen atoms in total. The van der Waals surface area contributed by atoms with E-state index in [1.165, 1.54) is 22.3 Å². The maximum Gasteiger partial charge on any atom is 0.153 e. The van der Waals surface area contributed by atoms with Gasteiger partial charge in [0.15, 0.2) is 5.78 Å². The van der Waals surface area contributed by atoms with Crippen LogP contribution in [0.5, 0.6) is 0 Å². The van der Waals surface area contributed by atoms with Crippen LogP contribution in [0.3, 0.4) is 0 Å². The van der Waals surface area contributed by atoms with E-state index in [9.17, 15) is 4.79 Å². The highest BCUT2D eigenvalue weighted by Crippen LogP contribution is 2.63. The van der Waals surface area contributed by atoms with Crippen molar-refractivity contribution in [2.75, 3.05) is 0 Å². The summed E-state index contributed by atoms with van der Waals surface area (Å²) in [5.41, 5.74) is 4.20. The largest absolute Gasteiger partial charge is 0.298 e. The fourth-order valence-electron chi connectivity index (χ4n) is 4.46. The van der Waals surface area contributed by atoms with Crippen LogP contribution in [0.15, 0.2) is 35.4 Å². The lowest BCUT2D eigenvalue weighted by atomic mass is 9.41. The summed E-state index contributed by atoms with van der Waals surface area (Å²) in [6.45, 7) is 12.9. The number of fused-ring (bicyclic) bond motifs is 1. The molecule has 4 rings (SSSR count). The predicted molar refractivity (Wildman–Crippen MR) is 78.3 cm³/mol. The van der Waals surface area contributed by atoms with Gasteiger partial charge in [-0.05, 0) is 31.9 Å². The number of carbonyl (C=O) groups excluding carboxylic acids is 1. The molecule has 19 heavy (non-hydrogen) atoms. The van der Waals surface area contributed by atoms with Crippen molar-refractivity contribution < 1.29 is 4.79 Å². The van der Waals surface area contributed by atoms with Gasteiger partial charge in [-0.2, -0.15) is 0 Å². The number of ketones is 1. The lowest BCUT2D eigenvalue weighted by Gasteiger charge is -2.60. The van der Waals surface area contributed by atoms with E-state index in [4.69, 9.17) is 0 Å². The van der Waals surface area contributed by atoms with Crippen LogP contribution in [0.2, 0.25) is 0 Å². The minimum Gasteiger partial charge on any atom is -0.298 e. The molecule has 0 unspecified atom stereocenters. The average molecular weight is 254 g/mol. The van der Waals surface area contributed by atoms with E-state index in [1.807, 2.05) is 0 Å². The summed E-state index contributed by atoms with van der Waals surface area (Å²) in [4.78, 5) is 13.1. The molecular weight excluding hydrogens is 232 g/mol. The van der Waals surface area contributed by atoms with Crippen molar-refractivity contribution in [1.82, 2.24) is 0 Å². The Hall–Kier alpha value is -1.37. The normalized spacial score (nSPS) is 35.6. The molecule has 3 aliphatic carbocycles. The van der Waals surface area contributed by atoms with E-state index in [1.54, 1.807) is 0 Å². The lowest BCUT2D eigenvalue weighted by molar-refractivity contribution is -0.137. The zero-order valence-electron chi connectivity index (χ0n) is 12.7. The fraction of sp³-hybridized carbons (Fsp3) is 0.500. The molecule has 100 valence electrons. The van der Waals surface area contributed by atoms with Crippen LogP contribution in [-0.4, -0.2) is 5.78 Å². The van der Waals surface area contributed by atoms with Crippen LogP contribution in [0, 0.1) is 5.41 Å². The second-order valence-corrected chi connectivity index (χ2v) is 7.00. The summed E-state index contributed by atoms with van der Waals surface area (Å²) in [6.07, 6.45) is 0. The SMILES string of the molecule is CC1=C(C)[C@]2(C)c3ccccc3[C@@]1(C)C(=O)C2(C)C. The highest BCUT2D eigenvalue weighted by atomic mass is 16.1. The number of Topliss-reactive ketones (excluding diaryl/α,β-unsaturated/α-hetero) is 1. The molecule has 0 saturated carbocycles. The van der Waals surface area contributed by atoms with Crippen molar-refractivity contribution in [3.05, 3.63) is 46.5 Å². The van der Waals surface area contributed by atoms with Crippen molar-refractivity contribution >= 4 is 5.78 Å². The Morgan fingerprint density at radius 2 is 1.37 bits per heavy atom. The Balaban J connectivity index is 2.54. The summed E-state index contributed by atoms with van der Waals surface area (Å²) < 4.78 is 0. The molecule has 0 heterocycles. The van der Waals surface area contributed by atoms with Crippen molar-refractivity contribution in [2.24, 2.45) is 5.41 Å². The monoisotopic (exact) mass is 254 g/mol. The maximum atomic E-state index is 13.1. The van der Waals surface area contributed by atoms with Crippen LogP contribution in [0.25, 0.3) is 0 Å². The van der Waals surface area contributed by atoms with Gasteiger partial charge in [-0.3, -0.25) is 4.79 Å². The Bertz CT molecular complexity index is 635. The molecule has 3 aliphatic rings. The molecule has 0 spiro atoms. The second-order valence-electron chi connectivity index (χ2n) is 7.00. The molecule has 2 atom stereocenters. The van der Waals surface area contributed by atoms with Gasteiger partial charge in [-0.1, -0.05) is 56.2 Å². The van der Waals surface area contributed by atoms with Crippen LogP contribution in [0.1, 0.15) is 52.7 Å². The highest BCUT2D eigenvalue weighted by molar-refractivity contribution is 6.03. The van der Waals surface area contributed by atoms with E-state index in [0.29, 0.717) is 5.78 Å². The van der Waals surface area contributed by atoms with Crippen LogP contribution < -0.4 is 0 Å². The third kappa shape index (κ3) is 1.04. The van der Waals surface area contributed by atoms with Gasteiger partial charge in [0.05, 0.1) is 5.41 Å². The molecule has 0 radical (unpaired) electrons. The molecule has 1 aromatic carbocycles. The second kappa shape index (κ2) is 3.20. The maximum absolute atomic E-state index is 13.1. The van der Waals surface area contributed by atoms with Gasteiger partial charge in [-0.15, -0.1) is 0 Å². The molecule has 0 amide bonds. The summed E-state index contributed by atoms with van der Waals surface area (Å²) in [6, 6.07) is 8.49. The molecule has 0 aliphatic heterocycles. The van der Waals surface area contributed by atoms with E-state index in [-0.39, 0.29) is 10.8 Å². The Labute approximate surface area is 115 Å². The Morgan fingerprint density at radius 1 is 0.842 bits per heavy atom. The van der Waals surface area contributed by atoms with Gasteiger partial charge in [0.2, 0.25) is 0 Å². The molecular formula is C18H22O. The summed E-state index contributed by atoms with van der Waals surface area (Å²) in [5, 5.41) is 0. The van der Waals surface area contributed by atoms with E-state index < -0.39 is 5.41 Å². The summed E-state index contributed by atoms with van der Waals surface area (Å²) in [5.74, 6) is 0.365. The fourth-order valence-corrected chi connectivity index (χ4v) is 4.46. The third-order valence-corrected chi connectivity index (χ3v) is 6.34. The first-order valence-corrected chi connectivity index (χ1v) is 7.03. The van der Waals surface area contributed by atoms with Crippen LogP contribution in [-0.2, 0) is 15.6 Å². The lowest BCUT2D eigenvalue weighted by Crippen LogP contribution is -2.62. The van der Waals surface area contributed by atoms with E-state index in [2.05, 4.69) is 65.8 Å². The summed E-state index contributed by atoms with van der Waals surface area (Å²) in [7, 11) is 0. The first-order valence-electron chi connectivity index (χ1n) is 7.03. The zero-order valence-corrected chi connectivity index (χ0v) is 12.7. The van der Waals surface area contributed by atoms with Crippen LogP contribution in [0.4, 0.5) is 0 Å². The molecule has 0 fully saturated rings. The van der Waals surface area contributed by atoms with Crippen molar-refractivity contribution in [3.8, 4) is 0 Å². The van der Waals surface area contributed by atoms with Gasteiger partial charge in [0.1, 0.15) is 0 Å².